The Balaban J connectivity index is 2.32. The average Bonchev–Trinajstić information content (AvgIpc) is 2.33. The predicted molar refractivity (Wildman–Crippen MR) is 73.2 cm³/mol. The van der Waals surface area contributed by atoms with Crippen LogP contribution in [0.2, 0.25) is 0 Å². The number of nitrogens with two attached hydrogens (primary N) is 1. The smallest absolute Gasteiger partial charge is 0.322 e. The number of hydrogen-bond donors (Lipinski definition) is 1. The maximum atomic E-state index is 11.7. The maximum Gasteiger partial charge on any atom is 0.322 e. The van der Waals surface area contributed by atoms with E-state index < -0.39 is 6.04 Å². The predicted octanol–water partition coefficient (Wildman–Crippen LogP) is 2.54. The molecule has 0 unspecified atom stereocenters. The van der Waals surface area contributed by atoms with Crippen molar-refractivity contribution < 1.29 is 9.53 Å². The van der Waals surface area contributed by atoms with Crippen LogP contribution in [0.15, 0.2) is 30.3 Å². The third kappa shape index (κ3) is 5.82. The summed E-state index contributed by atoms with van der Waals surface area (Å²) >= 11 is 0. The van der Waals surface area contributed by atoms with E-state index >= 15 is 0 Å². The molecule has 0 heterocycles. The minimum atomic E-state index is -0.535. The van der Waals surface area contributed by atoms with Crippen LogP contribution in [0, 0.1) is 5.41 Å². The second-order valence-corrected chi connectivity index (χ2v) is 5.80. The molecule has 18 heavy (non-hydrogen) atoms. The van der Waals surface area contributed by atoms with E-state index in [0.717, 1.165) is 6.42 Å². The zero-order valence-electron chi connectivity index (χ0n) is 11.5. The summed E-state index contributed by atoms with van der Waals surface area (Å²) in [5.41, 5.74) is 6.99. The van der Waals surface area contributed by atoms with Gasteiger partial charge in [0.1, 0.15) is 6.04 Å². The summed E-state index contributed by atoms with van der Waals surface area (Å²) in [5.74, 6) is -0.305. The SMILES string of the molecule is CC(C)(C)COC(=O)[C@@H](N)CCc1ccccc1. The van der Waals surface area contributed by atoms with Crippen molar-refractivity contribution in [1.29, 1.82) is 0 Å². The molecular formula is C15H23NO2. The summed E-state index contributed by atoms with van der Waals surface area (Å²) in [6, 6.07) is 9.48. The van der Waals surface area contributed by atoms with Crippen LogP contribution in [0.25, 0.3) is 0 Å². The molecule has 2 N–H and O–H groups in total. The third-order valence-electron chi connectivity index (χ3n) is 2.54. The molecule has 0 saturated carbocycles. The lowest BCUT2D eigenvalue weighted by atomic mass is 9.98. The fourth-order valence-electron chi connectivity index (χ4n) is 1.48. The van der Waals surface area contributed by atoms with Crippen LogP contribution in [0.3, 0.4) is 0 Å². The highest BCUT2D eigenvalue weighted by Gasteiger charge is 2.18. The lowest BCUT2D eigenvalue weighted by Gasteiger charge is -2.19. The summed E-state index contributed by atoms with van der Waals surface area (Å²) < 4.78 is 5.19. The van der Waals surface area contributed by atoms with E-state index in [-0.39, 0.29) is 11.4 Å². The molecule has 100 valence electrons. The molecule has 0 spiro atoms. The minimum Gasteiger partial charge on any atom is -0.464 e. The Bertz CT molecular complexity index is 368. The van der Waals surface area contributed by atoms with Gasteiger partial charge in [-0.1, -0.05) is 51.1 Å². The fraction of sp³-hybridized carbons (Fsp3) is 0.533. The van der Waals surface area contributed by atoms with Crippen LogP contribution in [-0.2, 0) is 16.0 Å². The molecule has 1 rings (SSSR count). The first kappa shape index (κ1) is 14.7. The molecule has 1 aromatic rings. The number of ether oxygens (including phenoxy) is 1. The van der Waals surface area contributed by atoms with Crippen molar-refractivity contribution in [2.75, 3.05) is 6.61 Å². The van der Waals surface area contributed by atoms with Gasteiger partial charge in [0, 0.05) is 0 Å². The summed E-state index contributed by atoms with van der Waals surface area (Å²) in [6.07, 6.45) is 1.42. The molecule has 0 aliphatic carbocycles. The highest BCUT2D eigenvalue weighted by atomic mass is 16.5. The van der Waals surface area contributed by atoms with Crippen LogP contribution in [0.4, 0.5) is 0 Å². The molecular weight excluding hydrogens is 226 g/mol. The van der Waals surface area contributed by atoms with E-state index in [0.29, 0.717) is 13.0 Å². The van der Waals surface area contributed by atoms with Crippen LogP contribution in [0.1, 0.15) is 32.8 Å². The van der Waals surface area contributed by atoms with Gasteiger partial charge in [-0.3, -0.25) is 4.79 Å². The van der Waals surface area contributed by atoms with Crippen LogP contribution in [0.5, 0.6) is 0 Å². The van der Waals surface area contributed by atoms with E-state index in [4.69, 9.17) is 10.5 Å². The molecule has 0 bridgehead atoms. The minimum absolute atomic E-state index is 0.0190. The summed E-state index contributed by atoms with van der Waals surface area (Å²) in [7, 11) is 0. The first-order valence-electron chi connectivity index (χ1n) is 6.34. The van der Waals surface area contributed by atoms with Crippen molar-refractivity contribution in [2.24, 2.45) is 11.1 Å². The van der Waals surface area contributed by atoms with E-state index in [9.17, 15) is 4.79 Å². The Hall–Kier alpha value is -1.35. The second kappa shape index (κ2) is 6.55. The quantitative estimate of drug-likeness (QED) is 0.816. The van der Waals surface area contributed by atoms with Gasteiger partial charge < -0.3 is 10.5 Å². The van der Waals surface area contributed by atoms with Crippen molar-refractivity contribution in [3.8, 4) is 0 Å². The molecule has 0 radical (unpaired) electrons. The molecule has 0 amide bonds. The van der Waals surface area contributed by atoms with Crippen LogP contribution >= 0.6 is 0 Å². The Kier molecular flexibility index (Phi) is 5.35. The molecule has 0 aliphatic heterocycles. The molecule has 0 aromatic heterocycles. The first-order chi connectivity index (χ1) is 8.38. The van der Waals surface area contributed by atoms with Gasteiger partial charge in [-0.05, 0) is 23.8 Å². The number of carbonyl (C=O) groups is 1. The van der Waals surface area contributed by atoms with Crippen molar-refractivity contribution in [3.63, 3.8) is 0 Å². The van der Waals surface area contributed by atoms with Gasteiger partial charge in [0.2, 0.25) is 0 Å². The normalized spacial score (nSPS) is 13.1. The molecule has 1 atom stereocenters. The van der Waals surface area contributed by atoms with Gasteiger partial charge in [0.05, 0.1) is 6.61 Å². The number of esters is 1. The van der Waals surface area contributed by atoms with Gasteiger partial charge in [-0.2, -0.15) is 0 Å². The summed E-state index contributed by atoms with van der Waals surface area (Å²) in [4.78, 5) is 11.7. The van der Waals surface area contributed by atoms with Crippen molar-refractivity contribution in [2.45, 2.75) is 39.7 Å². The van der Waals surface area contributed by atoms with Gasteiger partial charge in [0.25, 0.3) is 0 Å². The zero-order valence-corrected chi connectivity index (χ0v) is 11.5. The Morgan fingerprint density at radius 3 is 2.44 bits per heavy atom. The first-order valence-corrected chi connectivity index (χ1v) is 6.34. The van der Waals surface area contributed by atoms with Gasteiger partial charge in [0.15, 0.2) is 0 Å². The second-order valence-electron chi connectivity index (χ2n) is 5.80. The molecule has 0 fully saturated rings. The number of hydrogen-bond acceptors (Lipinski definition) is 3. The lowest BCUT2D eigenvalue weighted by molar-refractivity contribution is -0.148. The maximum absolute atomic E-state index is 11.7. The monoisotopic (exact) mass is 249 g/mol. The van der Waals surface area contributed by atoms with Gasteiger partial charge in [-0.25, -0.2) is 0 Å². The van der Waals surface area contributed by atoms with Crippen molar-refractivity contribution in [3.05, 3.63) is 35.9 Å². The largest absolute Gasteiger partial charge is 0.464 e. The highest BCUT2D eigenvalue weighted by Crippen LogP contribution is 2.13. The number of aryl methyl sites for hydroxylation is 1. The Morgan fingerprint density at radius 1 is 1.28 bits per heavy atom. The molecule has 1 aromatic carbocycles. The number of carbonyl (C=O) groups excluding carboxylic acids is 1. The molecule has 0 saturated heterocycles. The van der Waals surface area contributed by atoms with Gasteiger partial charge in [-0.15, -0.1) is 0 Å². The average molecular weight is 249 g/mol. The fourth-order valence-corrected chi connectivity index (χ4v) is 1.48. The number of benzene rings is 1. The van der Waals surface area contributed by atoms with E-state index in [1.807, 2.05) is 51.1 Å². The van der Waals surface area contributed by atoms with E-state index in [1.165, 1.54) is 5.56 Å². The van der Waals surface area contributed by atoms with Crippen LogP contribution in [-0.4, -0.2) is 18.6 Å². The molecule has 3 nitrogen and oxygen atoms in total. The topological polar surface area (TPSA) is 52.3 Å². The lowest BCUT2D eigenvalue weighted by Crippen LogP contribution is -2.34. The van der Waals surface area contributed by atoms with E-state index in [2.05, 4.69) is 0 Å². The summed E-state index contributed by atoms with van der Waals surface area (Å²) in [5, 5.41) is 0. The standard InChI is InChI=1S/C15H23NO2/c1-15(2,3)11-18-14(17)13(16)10-9-12-7-5-4-6-8-12/h4-8,13H,9-11,16H2,1-3H3/t13-/m0/s1. The zero-order chi connectivity index (χ0) is 13.6. The Labute approximate surface area is 109 Å². The van der Waals surface area contributed by atoms with Crippen molar-refractivity contribution >= 4 is 5.97 Å². The number of rotatable bonds is 5. The van der Waals surface area contributed by atoms with Crippen molar-refractivity contribution in [1.82, 2.24) is 0 Å². The van der Waals surface area contributed by atoms with E-state index in [1.54, 1.807) is 0 Å². The molecule has 3 heteroatoms. The highest BCUT2D eigenvalue weighted by molar-refractivity contribution is 5.75. The summed E-state index contributed by atoms with van der Waals surface area (Å²) in [6.45, 7) is 6.48. The van der Waals surface area contributed by atoms with Crippen LogP contribution < -0.4 is 5.73 Å². The third-order valence-corrected chi connectivity index (χ3v) is 2.54. The molecule has 0 aliphatic rings. The Morgan fingerprint density at radius 2 is 1.89 bits per heavy atom. The van der Waals surface area contributed by atoms with Gasteiger partial charge >= 0.3 is 5.97 Å².